The van der Waals surface area contributed by atoms with Gasteiger partial charge >= 0.3 is 5.97 Å². The molecule has 0 aromatic rings. The second kappa shape index (κ2) is 25.0. The Labute approximate surface area is 182 Å². The highest BCUT2D eigenvalue weighted by Crippen LogP contribution is 2.09. The first-order valence-electron chi connectivity index (χ1n) is 12.8. The monoisotopic (exact) mass is 406 g/mol. The van der Waals surface area contributed by atoms with Crippen LogP contribution in [-0.2, 0) is 9.53 Å². The van der Waals surface area contributed by atoms with E-state index in [-0.39, 0.29) is 5.97 Å². The Bertz CT molecular complexity index is 384. The van der Waals surface area contributed by atoms with Gasteiger partial charge in [-0.15, -0.1) is 0 Å². The molecule has 0 aliphatic rings. The summed E-state index contributed by atoms with van der Waals surface area (Å²) in [4.78, 5) is 11.7. The van der Waals surface area contributed by atoms with Crippen LogP contribution in [0.3, 0.4) is 0 Å². The van der Waals surface area contributed by atoms with Crippen molar-refractivity contribution in [2.45, 2.75) is 136 Å². The predicted molar refractivity (Wildman–Crippen MR) is 128 cm³/mol. The molecule has 2 nitrogen and oxygen atoms in total. The van der Waals surface area contributed by atoms with Gasteiger partial charge in [0.05, 0.1) is 6.61 Å². The van der Waals surface area contributed by atoms with E-state index in [4.69, 9.17) is 4.74 Å². The van der Waals surface area contributed by atoms with Crippen LogP contribution in [0.15, 0.2) is 24.3 Å². The molecule has 0 atom stereocenters. The van der Waals surface area contributed by atoms with Gasteiger partial charge in [0.25, 0.3) is 0 Å². The van der Waals surface area contributed by atoms with Crippen LogP contribution in [0.2, 0.25) is 0 Å². The minimum Gasteiger partial charge on any atom is -0.466 e. The summed E-state index contributed by atoms with van der Waals surface area (Å²) in [5, 5.41) is 0. The number of unbranched alkanes of at least 4 members (excludes halogenated alkanes) is 14. The van der Waals surface area contributed by atoms with Crippen LogP contribution in [0, 0.1) is 0 Å². The van der Waals surface area contributed by atoms with Crippen molar-refractivity contribution in [1.82, 2.24) is 0 Å². The van der Waals surface area contributed by atoms with Gasteiger partial charge in [0.15, 0.2) is 0 Å². The standard InChI is InChI=1S/C27H50O2/c1-3-5-7-9-11-13-14-15-16-18-20-22-24-26-29-27(28)25-23-21-19-17-12-10-8-6-4-2/h12-14,17H,3-11,15-16,18-26H2,1-2H3/b14-13-,17-12-. The minimum absolute atomic E-state index is 0.0130. The predicted octanol–water partition coefficient (Wildman–Crippen LogP) is 9.09. The molecule has 0 aliphatic carbocycles. The van der Waals surface area contributed by atoms with Gasteiger partial charge in [0.2, 0.25) is 0 Å². The Morgan fingerprint density at radius 3 is 1.55 bits per heavy atom. The van der Waals surface area contributed by atoms with Crippen molar-refractivity contribution in [3.05, 3.63) is 24.3 Å². The lowest BCUT2D eigenvalue weighted by atomic mass is 10.1. The molecule has 0 rings (SSSR count). The fourth-order valence-electron chi connectivity index (χ4n) is 3.36. The number of hydrogen-bond acceptors (Lipinski definition) is 2. The number of rotatable bonds is 22. The van der Waals surface area contributed by atoms with Crippen LogP contribution in [0.5, 0.6) is 0 Å². The Balaban J connectivity index is 3.24. The Hall–Kier alpha value is -1.05. The van der Waals surface area contributed by atoms with Crippen LogP contribution in [0.4, 0.5) is 0 Å². The Kier molecular flexibility index (Phi) is 24.1. The first-order valence-corrected chi connectivity index (χ1v) is 12.8. The molecule has 29 heavy (non-hydrogen) atoms. The molecule has 0 aromatic heterocycles. The molecule has 0 aliphatic heterocycles. The van der Waals surface area contributed by atoms with Gasteiger partial charge in [-0.05, 0) is 64.2 Å². The number of ether oxygens (including phenoxy) is 1. The second-order valence-electron chi connectivity index (χ2n) is 8.31. The topological polar surface area (TPSA) is 26.3 Å². The van der Waals surface area contributed by atoms with Crippen LogP contribution in [0.25, 0.3) is 0 Å². The molecule has 0 saturated carbocycles. The first-order chi connectivity index (χ1) is 14.3. The van der Waals surface area contributed by atoms with Crippen LogP contribution < -0.4 is 0 Å². The summed E-state index contributed by atoms with van der Waals surface area (Å²) in [5.41, 5.74) is 0. The van der Waals surface area contributed by atoms with Gasteiger partial charge in [-0.2, -0.15) is 0 Å². The molecular formula is C27H50O2. The number of hydrogen-bond donors (Lipinski definition) is 0. The molecule has 0 aromatic carbocycles. The normalized spacial score (nSPS) is 11.7. The van der Waals surface area contributed by atoms with Crippen LogP contribution in [0.1, 0.15) is 136 Å². The van der Waals surface area contributed by atoms with Gasteiger partial charge < -0.3 is 4.74 Å². The fourth-order valence-corrected chi connectivity index (χ4v) is 3.36. The number of esters is 1. The maximum Gasteiger partial charge on any atom is 0.305 e. The molecule has 0 bridgehead atoms. The second-order valence-corrected chi connectivity index (χ2v) is 8.31. The quantitative estimate of drug-likeness (QED) is 0.102. The van der Waals surface area contributed by atoms with Crippen molar-refractivity contribution in [2.75, 3.05) is 6.61 Å². The molecule has 2 heteroatoms. The van der Waals surface area contributed by atoms with E-state index in [1.807, 2.05) is 0 Å². The van der Waals surface area contributed by atoms with E-state index in [0.29, 0.717) is 13.0 Å². The zero-order valence-corrected chi connectivity index (χ0v) is 19.8. The zero-order valence-electron chi connectivity index (χ0n) is 19.8. The summed E-state index contributed by atoms with van der Waals surface area (Å²) in [6.07, 6.45) is 32.0. The van der Waals surface area contributed by atoms with Gasteiger partial charge in [0.1, 0.15) is 0 Å². The van der Waals surface area contributed by atoms with Gasteiger partial charge in [0, 0.05) is 6.42 Å². The summed E-state index contributed by atoms with van der Waals surface area (Å²) in [7, 11) is 0. The lowest BCUT2D eigenvalue weighted by molar-refractivity contribution is -0.143. The van der Waals surface area contributed by atoms with E-state index < -0.39 is 0 Å². The first kappa shape index (κ1) is 27.9. The highest BCUT2D eigenvalue weighted by molar-refractivity contribution is 5.69. The van der Waals surface area contributed by atoms with E-state index in [0.717, 1.165) is 25.7 Å². The average molecular weight is 407 g/mol. The maximum atomic E-state index is 11.7. The van der Waals surface area contributed by atoms with E-state index in [2.05, 4.69) is 38.2 Å². The molecule has 0 heterocycles. The van der Waals surface area contributed by atoms with Crippen molar-refractivity contribution in [3.8, 4) is 0 Å². The Morgan fingerprint density at radius 1 is 0.552 bits per heavy atom. The fraction of sp³-hybridized carbons (Fsp3) is 0.815. The van der Waals surface area contributed by atoms with E-state index in [1.165, 1.54) is 89.9 Å². The third kappa shape index (κ3) is 24.9. The van der Waals surface area contributed by atoms with Crippen LogP contribution >= 0.6 is 0 Å². The van der Waals surface area contributed by atoms with E-state index >= 15 is 0 Å². The number of carbonyl (C=O) groups excluding carboxylic acids is 1. The SMILES string of the molecule is CCCCC/C=C\CCCCC(=O)OCCCCCCC/C=C\CCCCCC. The summed E-state index contributed by atoms with van der Waals surface area (Å²) in [6, 6.07) is 0. The molecule has 0 amide bonds. The smallest absolute Gasteiger partial charge is 0.305 e. The number of carbonyl (C=O) groups is 1. The molecular weight excluding hydrogens is 356 g/mol. The van der Waals surface area contributed by atoms with E-state index in [9.17, 15) is 4.79 Å². The number of allylic oxidation sites excluding steroid dienone is 4. The van der Waals surface area contributed by atoms with Crippen molar-refractivity contribution in [3.63, 3.8) is 0 Å². The zero-order chi connectivity index (χ0) is 21.3. The van der Waals surface area contributed by atoms with Crippen LogP contribution in [-0.4, -0.2) is 12.6 Å². The highest BCUT2D eigenvalue weighted by atomic mass is 16.5. The minimum atomic E-state index is -0.0130. The lowest BCUT2D eigenvalue weighted by Gasteiger charge is -2.04. The highest BCUT2D eigenvalue weighted by Gasteiger charge is 2.01. The molecule has 0 saturated heterocycles. The molecule has 0 fully saturated rings. The maximum absolute atomic E-state index is 11.7. The van der Waals surface area contributed by atoms with Gasteiger partial charge in [-0.1, -0.05) is 89.5 Å². The third-order valence-electron chi connectivity index (χ3n) is 5.31. The lowest BCUT2D eigenvalue weighted by Crippen LogP contribution is -2.05. The van der Waals surface area contributed by atoms with Crippen molar-refractivity contribution in [2.24, 2.45) is 0 Å². The van der Waals surface area contributed by atoms with Crippen molar-refractivity contribution in [1.29, 1.82) is 0 Å². The summed E-state index contributed by atoms with van der Waals surface area (Å²) in [6.45, 7) is 5.10. The molecule has 0 spiro atoms. The Morgan fingerprint density at radius 2 is 0.966 bits per heavy atom. The van der Waals surface area contributed by atoms with Gasteiger partial charge in [-0.3, -0.25) is 4.79 Å². The summed E-state index contributed by atoms with van der Waals surface area (Å²) >= 11 is 0. The average Bonchev–Trinajstić information content (AvgIpc) is 2.72. The van der Waals surface area contributed by atoms with E-state index in [1.54, 1.807) is 0 Å². The molecule has 0 radical (unpaired) electrons. The van der Waals surface area contributed by atoms with Crippen molar-refractivity contribution >= 4 is 5.97 Å². The molecule has 0 N–H and O–H groups in total. The molecule has 0 unspecified atom stereocenters. The third-order valence-corrected chi connectivity index (χ3v) is 5.31. The summed E-state index contributed by atoms with van der Waals surface area (Å²) in [5.74, 6) is -0.0130. The largest absolute Gasteiger partial charge is 0.466 e. The molecule has 170 valence electrons. The summed E-state index contributed by atoms with van der Waals surface area (Å²) < 4.78 is 5.35. The van der Waals surface area contributed by atoms with Crippen molar-refractivity contribution < 1.29 is 9.53 Å². The van der Waals surface area contributed by atoms with Gasteiger partial charge in [-0.25, -0.2) is 0 Å².